The monoisotopic (exact) mass is 444 g/mol. The summed E-state index contributed by atoms with van der Waals surface area (Å²) in [5.74, 6) is 0. The van der Waals surface area contributed by atoms with Crippen molar-refractivity contribution < 1.29 is 0 Å². The zero-order valence-corrected chi connectivity index (χ0v) is 18.0. The fraction of sp³-hybridized carbons (Fsp3) is 0.167. The highest BCUT2D eigenvalue weighted by Gasteiger charge is 2.21. The van der Waals surface area contributed by atoms with E-state index in [1.54, 1.807) is 0 Å². The predicted octanol–water partition coefficient (Wildman–Crippen LogP) is 7.92. The molecule has 3 aliphatic rings. The lowest BCUT2D eigenvalue weighted by molar-refractivity contribution is 0.979. The fourth-order valence-electron chi connectivity index (χ4n) is 4.26. The molecule has 140 valence electrons. The number of hydrogen-bond donors (Lipinski definition) is 0. The van der Waals surface area contributed by atoms with Crippen molar-refractivity contribution in [1.82, 2.24) is 0 Å². The summed E-state index contributed by atoms with van der Waals surface area (Å²) in [5, 5.41) is 2.50. The first-order valence-electron chi connectivity index (χ1n) is 9.22. The highest BCUT2D eigenvalue weighted by molar-refractivity contribution is 6.42. The van der Waals surface area contributed by atoms with Gasteiger partial charge in [-0.3, -0.25) is 0 Å². The van der Waals surface area contributed by atoms with Crippen molar-refractivity contribution in [3.05, 3.63) is 113 Å². The van der Waals surface area contributed by atoms with Crippen LogP contribution >= 0.6 is 46.4 Å². The maximum atomic E-state index is 6.23. The second-order valence-corrected chi connectivity index (χ2v) is 9.17. The van der Waals surface area contributed by atoms with Gasteiger partial charge in [-0.15, -0.1) is 0 Å². The molecule has 5 rings (SSSR count). The Bertz CT molecular complexity index is 968. The topological polar surface area (TPSA) is 0 Å². The molecule has 2 aromatic rings. The van der Waals surface area contributed by atoms with Gasteiger partial charge >= 0.3 is 0 Å². The maximum absolute atomic E-state index is 6.23. The van der Waals surface area contributed by atoms with E-state index in [4.69, 9.17) is 46.4 Å². The van der Waals surface area contributed by atoms with Gasteiger partial charge in [0.1, 0.15) is 0 Å². The standard InChI is InChI=1S/C24H16Cl4/c25-21-9-17-5-13-1-2-14-6-18-10-22(26)24(28)12-20(18)8-16(14)4-3-15(13)7-19(17)11-23(21)27/h1-4,9-12H,5-8H2/b2-1-,4-3-,13-1?,14-2?,15-3?,16-4?. The summed E-state index contributed by atoms with van der Waals surface area (Å²) in [6, 6.07) is 8.03. The van der Waals surface area contributed by atoms with Crippen molar-refractivity contribution in [2.45, 2.75) is 25.7 Å². The van der Waals surface area contributed by atoms with E-state index in [1.165, 1.54) is 44.5 Å². The molecule has 0 amide bonds. The number of benzene rings is 2. The molecule has 2 aromatic carbocycles. The third kappa shape index (κ3) is 3.27. The molecular formula is C24H16Cl4. The maximum Gasteiger partial charge on any atom is 0.0595 e. The minimum atomic E-state index is 0.624. The van der Waals surface area contributed by atoms with Crippen LogP contribution in [0.2, 0.25) is 20.1 Å². The quantitative estimate of drug-likeness (QED) is 0.386. The van der Waals surface area contributed by atoms with E-state index in [9.17, 15) is 0 Å². The summed E-state index contributed by atoms with van der Waals surface area (Å²) in [5.41, 5.74) is 10.4. The largest absolute Gasteiger partial charge is 0.0827 e. The summed E-state index contributed by atoms with van der Waals surface area (Å²) in [7, 11) is 0. The molecule has 0 unspecified atom stereocenters. The van der Waals surface area contributed by atoms with Crippen molar-refractivity contribution in [2.24, 2.45) is 0 Å². The molecule has 28 heavy (non-hydrogen) atoms. The first-order valence-corrected chi connectivity index (χ1v) is 10.7. The molecule has 0 aliphatic heterocycles. The van der Waals surface area contributed by atoms with Gasteiger partial charge in [0, 0.05) is 0 Å². The molecule has 0 heterocycles. The second kappa shape index (κ2) is 7.11. The van der Waals surface area contributed by atoms with Crippen molar-refractivity contribution in [3.63, 3.8) is 0 Å². The highest BCUT2D eigenvalue weighted by Crippen LogP contribution is 2.37. The average molecular weight is 446 g/mol. The molecule has 0 saturated heterocycles. The molecule has 0 fully saturated rings. The Labute approximate surface area is 184 Å². The van der Waals surface area contributed by atoms with Gasteiger partial charge in [-0.1, -0.05) is 70.7 Å². The van der Waals surface area contributed by atoms with Crippen molar-refractivity contribution in [3.8, 4) is 0 Å². The molecule has 0 atom stereocenters. The number of rotatable bonds is 0. The molecule has 0 nitrogen and oxygen atoms in total. The number of allylic oxidation sites excluding steroid dienone is 8. The Morgan fingerprint density at radius 1 is 0.393 bits per heavy atom. The zero-order chi connectivity index (χ0) is 19.4. The number of halogens is 4. The molecule has 0 N–H and O–H groups in total. The Balaban J connectivity index is 1.49. The van der Waals surface area contributed by atoms with Crippen molar-refractivity contribution in [1.29, 1.82) is 0 Å². The van der Waals surface area contributed by atoms with E-state index >= 15 is 0 Å². The van der Waals surface area contributed by atoms with Gasteiger partial charge in [-0.05, 0) is 94.5 Å². The van der Waals surface area contributed by atoms with Crippen LogP contribution in [0.25, 0.3) is 0 Å². The number of fused-ring (bicyclic) bond motifs is 2. The number of hydrogen-bond acceptors (Lipinski definition) is 0. The molecule has 0 spiro atoms. The molecule has 0 radical (unpaired) electrons. The van der Waals surface area contributed by atoms with Crippen LogP contribution in [0.3, 0.4) is 0 Å². The van der Waals surface area contributed by atoms with Gasteiger partial charge in [0.2, 0.25) is 0 Å². The zero-order valence-electron chi connectivity index (χ0n) is 15.0. The minimum Gasteiger partial charge on any atom is -0.0827 e. The van der Waals surface area contributed by atoms with E-state index in [2.05, 4.69) is 24.3 Å². The van der Waals surface area contributed by atoms with Crippen LogP contribution in [-0.4, -0.2) is 0 Å². The SMILES string of the molecule is Clc1cc2c(cc1Cl)CC1=C(/C=C\C3=C(/C=C\1)Cc1cc(Cl)c(Cl)cc1C3)C2. The summed E-state index contributed by atoms with van der Waals surface area (Å²) >= 11 is 24.9. The van der Waals surface area contributed by atoms with Crippen LogP contribution < -0.4 is 0 Å². The highest BCUT2D eigenvalue weighted by atomic mass is 35.5. The Morgan fingerprint density at radius 3 is 0.821 bits per heavy atom. The summed E-state index contributed by atoms with van der Waals surface area (Å²) in [6.45, 7) is 0. The van der Waals surface area contributed by atoms with Crippen LogP contribution in [0.4, 0.5) is 0 Å². The van der Waals surface area contributed by atoms with Crippen molar-refractivity contribution in [2.75, 3.05) is 0 Å². The van der Waals surface area contributed by atoms with Gasteiger partial charge in [-0.25, -0.2) is 0 Å². The van der Waals surface area contributed by atoms with Gasteiger partial charge < -0.3 is 0 Å². The molecule has 0 aromatic heterocycles. The molecule has 3 aliphatic carbocycles. The average Bonchev–Trinajstić information content (AvgIpc) is 2.65. The van der Waals surface area contributed by atoms with E-state index in [-0.39, 0.29) is 0 Å². The van der Waals surface area contributed by atoms with Gasteiger partial charge in [-0.2, -0.15) is 0 Å². The predicted molar refractivity (Wildman–Crippen MR) is 120 cm³/mol. The summed E-state index contributed by atoms with van der Waals surface area (Å²) in [6.07, 6.45) is 12.6. The van der Waals surface area contributed by atoms with Crippen LogP contribution in [0.1, 0.15) is 22.3 Å². The van der Waals surface area contributed by atoms with Crippen LogP contribution in [0.5, 0.6) is 0 Å². The molecule has 4 heteroatoms. The lowest BCUT2D eigenvalue weighted by Gasteiger charge is -2.25. The molecular weight excluding hydrogens is 430 g/mol. The first kappa shape index (κ1) is 18.6. The van der Waals surface area contributed by atoms with Crippen LogP contribution in [-0.2, 0) is 25.7 Å². The normalized spacial score (nSPS) is 19.9. The van der Waals surface area contributed by atoms with E-state index < -0.39 is 0 Å². The van der Waals surface area contributed by atoms with E-state index in [1.807, 2.05) is 24.3 Å². The van der Waals surface area contributed by atoms with Gasteiger partial charge in [0.25, 0.3) is 0 Å². The van der Waals surface area contributed by atoms with Gasteiger partial charge in [0.05, 0.1) is 20.1 Å². The van der Waals surface area contributed by atoms with Crippen molar-refractivity contribution >= 4 is 46.4 Å². The van der Waals surface area contributed by atoms with Gasteiger partial charge in [0.15, 0.2) is 0 Å². The Kier molecular flexibility index (Phi) is 4.72. The first-order chi connectivity index (χ1) is 13.5. The Hall–Kier alpha value is -1.44. The molecule has 0 bridgehead atoms. The minimum absolute atomic E-state index is 0.624. The third-order valence-corrected chi connectivity index (χ3v) is 7.25. The van der Waals surface area contributed by atoms with Crippen LogP contribution in [0, 0.1) is 0 Å². The third-order valence-electron chi connectivity index (χ3n) is 5.80. The smallest absolute Gasteiger partial charge is 0.0595 e. The Morgan fingerprint density at radius 2 is 0.607 bits per heavy atom. The summed E-state index contributed by atoms with van der Waals surface area (Å²) < 4.78 is 0. The van der Waals surface area contributed by atoms with E-state index in [0.29, 0.717) is 20.1 Å². The summed E-state index contributed by atoms with van der Waals surface area (Å²) in [4.78, 5) is 0. The second-order valence-electron chi connectivity index (χ2n) is 7.54. The molecule has 0 saturated carbocycles. The van der Waals surface area contributed by atoms with Crippen LogP contribution in [0.15, 0.2) is 70.9 Å². The lowest BCUT2D eigenvalue weighted by Crippen LogP contribution is -2.11. The fourth-order valence-corrected chi connectivity index (χ4v) is 5.00. The van der Waals surface area contributed by atoms with E-state index in [0.717, 1.165) is 25.7 Å². The lowest BCUT2D eigenvalue weighted by atomic mass is 9.81.